The third kappa shape index (κ3) is 2.62. The number of thioether (sulfide) groups is 1. The summed E-state index contributed by atoms with van der Waals surface area (Å²) in [5.74, 6) is -5.49. The number of fused-ring (bicyclic) bond motifs is 5. The number of benzene rings is 1. The second-order valence-corrected chi connectivity index (χ2v) is 9.89. The van der Waals surface area contributed by atoms with E-state index < -0.39 is 47.0 Å². The molecule has 5 heterocycles. The van der Waals surface area contributed by atoms with Crippen LogP contribution in [0.1, 0.15) is 41.2 Å². The molecule has 3 aliphatic rings. The maximum absolute atomic E-state index is 15.4. The van der Waals surface area contributed by atoms with Crippen molar-refractivity contribution in [2.45, 2.75) is 54.7 Å². The van der Waals surface area contributed by atoms with Crippen LogP contribution < -0.4 is 11.3 Å². The Labute approximate surface area is 198 Å². The zero-order chi connectivity index (χ0) is 25.1. The van der Waals surface area contributed by atoms with Crippen molar-refractivity contribution >= 4 is 28.6 Å². The summed E-state index contributed by atoms with van der Waals surface area (Å²) >= 11 is -0.238. The fourth-order valence-corrected chi connectivity index (χ4v) is 6.22. The molecule has 0 amide bonds. The molecule has 3 aromatic rings. The molecule has 35 heavy (non-hydrogen) atoms. The summed E-state index contributed by atoms with van der Waals surface area (Å²) in [5.41, 5.74) is 2.16. The summed E-state index contributed by atoms with van der Waals surface area (Å²) in [5, 5.41) is 6.38. The van der Waals surface area contributed by atoms with Gasteiger partial charge in [0.05, 0.1) is 29.0 Å². The zero-order valence-corrected chi connectivity index (χ0v) is 18.9. The van der Waals surface area contributed by atoms with Crippen molar-refractivity contribution in [1.29, 1.82) is 0 Å². The van der Waals surface area contributed by atoms with Gasteiger partial charge >= 0.3 is 17.1 Å². The lowest BCUT2D eigenvalue weighted by Crippen LogP contribution is -2.44. The molecule has 0 saturated carbocycles. The number of alkyl halides is 4. The van der Waals surface area contributed by atoms with E-state index in [9.17, 15) is 23.5 Å². The highest BCUT2D eigenvalue weighted by Crippen LogP contribution is 2.61. The summed E-state index contributed by atoms with van der Waals surface area (Å²) in [4.78, 5) is 30.1. The molecule has 2 aromatic heterocycles. The van der Waals surface area contributed by atoms with E-state index in [-0.39, 0.29) is 74.2 Å². The number of aliphatic hydroxyl groups is 1. The summed E-state index contributed by atoms with van der Waals surface area (Å²) in [6, 6.07) is 4.25. The molecule has 3 aliphatic heterocycles. The monoisotopic (exact) mass is 507 g/mol. The first-order chi connectivity index (χ1) is 16.5. The van der Waals surface area contributed by atoms with Gasteiger partial charge in [0, 0.05) is 33.5 Å². The van der Waals surface area contributed by atoms with E-state index in [1.54, 1.807) is 0 Å². The number of halogens is 4. The molecular weight excluding hydrogens is 490 g/mol. The highest BCUT2D eigenvalue weighted by Gasteiger charge is 2.63. The van der Waals surface area contributed by atoms with E-state index in [2.05, 4.69) is 4.98 Å². The number of carbonyl (C=O) groups is 1. The van der Waals surface area contributed by atoms with Crippen LogP contribution in [0.15, 0.2) is 27.9 Å². The van der Waals surface area contributed by atoms with E-state index in [1.807, 2.05) is 0 Å². The third-order valence-electron chi connectivity index (χ3n) is 7.02. The molecule has 0 bridgehead atoms. The predicted molar refractivity (Wildman–Crippen MR) is 117 cm³/mol. The second kappa shape index (κ2) is 6.83. The van der Waals surface area contributed by atoms with Crippen LogP contribution in [-0.2, 0) is 40.8 Å². The van der Waals surface area contributed by atoms with Crippen molar-refractivity contribution in [3.05, 3.63) is 56.4 Å². The van der Waals surface area contributed by atoms with Gasteiger partial charge in [-0.05, 0) is 35.9 Å². The molecule has 0 saturated heterocycles. The number of hydrogen-bond acceptors (Lipinski definition) is 7. The molecule has 12 heteroatoms. The van der Waals surface area contributed by atoms with E-state index in [4.69, 9.17) is 10.5 Å². The largest absolute Gasteiger partial charge is 0.458 e. The standard InChI is InChI=1S/C23H17F4N3O4S/c1-2-21(33)12-5-14-17-10(7-30(14)19(31)11(12)8-34-20(21)32)16-15-13(29-17)4-3-9(6-28)18(15)35-23(26,27)22(16,24)25/h3-5,33H,2,6-8,28H2,1H3/t21-/m0/s1. The van der Waals surface area contributed by atoms with Gasteiger partial charge in [0.1, 0.15) is 6.61 Å². The number of aromatic nitrogens is 2. The molecule has 182 valence electrons. The van der Waals surface area contributed by atoms with Crippen molar-refractivity contribution in [2.24, 2.45) is 5.73 Å². The van der Waals surface area contributed by atoms with Crippen molar-refractivity contribution in [1.82, 2.24) is 9.55 Å². The van der Waals surface area contributed by atoms with Gasteiger partial charge in [0.2, 0.25) is 0 Å². The lowest BCUT2D eigenvalue weighted by atomic mass is 9.86. The van der Waals surface area contributed by atoms with E-state index in [0.29, 0.717) is 0 Å². The smallest absolute Gasteiger partial charge is 0.364 e. The first-order valence-corrected chi connectivity index (χ1v) is 11.6. The van der Waals surface area contributed by atoms with Crippen molar-refractivity contribution < 1.29 is 32.2 Å². The van der Waals surface area contributed by atoms with Crippen LogP contribution in [0.4, 0.5) is 17.6 Å². The summed E-state index contributed by atoms with van der Waals surface area (Å²) in [6.45, 7) is 0.577. The topological polar surface area (TPSA) is 107 Å². The Balaban J connectivity index is 1.72. The van der Waals surface area contributed by atoms with Gasteiger partial charge in [0.25, 0.3) is 5.56 Å². The second-order valence-electron chi connectivity index (χ2n) is 8.76. The normalized spacial score (nSPS) is 23.0. The van der Waals surface area contributed by atoms with Gasteiger partial charge < -0.3 is 20.1 Å². The Morgan fingerprint density at radius 3 is 2.66 bits per heavy atom. The van der Waals surface area contributed by atoms with E-state index in [0.717, 1.165) is 4.57 Å². The molecule has 1 atom stereocenters. The lowest BCUT2D eigenvalue weighted by molar-refractivity contribution is -0.172. The number of rotatable bonds is 2. The number of nitrogens with two attached hydrogens (primary N) is 1. The van der Waals surface area contributed by atoms with Crippen LogP contribution in [-0.4, -0.2) is 25.9 Å². The Hall–Kier alpha value is -2.96. The number of pyridine rings is 2. The minimum atomic E-state index is -4.56. The van der Waals surface area contributed by atoms with Crippen LogP contribution in [0.3, 0.4) is 0 Å². The minimum Gasteiger partial charge on any atom is -0.458 e. The minimum absolute atomic E-state index is 0.00228. The third-order valence-corrected chi connectivity index (χ3v) is 8.20. The number of esters is 1. The molecule has 7 nitrogen and oxygen atoms in total. The Morgan fingerprint density at radius 2 is 1.97 bits per heavy atom. The van der Waals surface area contributed by atoms with Gasteiger partial charge in [-0.15, -0.1) is 0 Å². The fraction of sp³-hybridized carbons (Fsp3) is 0.348. The van der Waals surface area contributed by atoms with Gasteiger partial charge in [0.15, 0.2) is 5.60 Å². The highest BCUT2D eigenvalue weighted by atomic mass is 32.2. The number of nitrogens with zero attached hydrogens (tertiary/aromatic N) is 2. The van der Waals surface area contributed by atoms with Gasteiger partial charge in [-0.25, -0.2) is 9.78 Å². The molecule has 0 spiro atoms. The van der Waals surface area contributed by atoms with Gasteiger partial charge in [-0.2, -0.15) is 17.6 Å². The van der Waals surface area contributed by atoms with Crippen LogP contribution in [0, 0.1) is 0 Å². The molecule has 1 aromatic carbocycles. The van der Waals surface area contributed by atoms with E-state index in [1.165, 1.54) is 25.1 Å². The van der Waals surface area contributed by atoms with Crippen LogP contribution in [0.5, 0.6) is 0 Å². The quantitative estimate of drug-likeness (QED) is 0.317. The summed E-state index contributed by atoms with van der Waals surface area (Å²) in [6.07, 6.45) is -0.0995. The molecule has 3 N–H and O–H groups in total. The molecule has 0 aliphatic carbocycles. The average Bonchev–Trinajstić information content (AvgIpc) is 3.18. The molecule has 0 unspecified atom stereocenters. The zero-order valence-electron chi connectivity index (χ0n) is 18.1. The molecule has 0 fully saturated rings. The number of hydrogen-bond donors (Lipinski definition) is 2. The fourth-order valence-electron chi connectivity index (χ4n) is 5.15. The Morgan fingerprint density at radius 1 is 1.23 bits per heavy atom. The highest BCUT2D eigenvalue weighted by molar-refractivity contribution is 8.00. The Bertz CT molecular complexity index is 1550. The number of carbonyl (C=O) groups excluding carboxylic acids is 1. The summed E-state index contributed by atoms with van der Waals surface area (Å²) < 4.78 is 66.5. The van der Waals surface area contributed by atoms with Gasteiger partial charge in [-0.1, -0.05) is 13.0 Å². The molecule has 6 rings (SSSR count). The van der Waals surface area contributed by atoms with Crippen LogP contribution >= 0.6 is 11.8 Å². The first-order valence-electron chi connectivity index (χ1n) is 10.8. The van der Waals surface area contributed by atoms with Crippen molar-refractivity contribution in [3.63, 3.8) is 0 Å². The van der Waals surface area contributed by atoms with Crippen molar-refractivity contribution in [2.75, 3.05) is 0 Å². The predicted octanol–water partition coefficient (Wildman–Crippen LogP) is 3.33. The Kier molecular flexibility index (Phi) is 4.39. The maximum atomic E-state index is 15.4. The van der Waals surface area contributed by atoms with Gasteiger partial charge in [-0.3, -0.25) is 4.79 Å². The number of cyclic esters (lactones) is 1. The van der Waals surface area contributed by atoms with E-state index >= 15 is 8.78 Å². The van der Waals surface area contributed by atoms with Crippen molar-refractivity contribution in [3.8, 4) is 11.4 Å². The summed E-state index contributed by atoms with van der Waals surface area (Å²) in [7, 11) is 0. The molecule has 0 radical (unpaired) electrons. The lowest BCUT2D eigenvalue weighted by Gasteiger charge is -2.34. The number of ether oxygens (including phenoxy) is 1. The van der Waals surface area contributed by atoms with Crippen LogP contribution in [0.2, 0.25) is 0 Å². The maximum Gasteiger partial charge on any atom is 0.364 e. The average molecular weight is 507 g/mol. The first kappa shape index (κ1) is 22.5. The molecular formula is C23H17F4N3O4S. The SMILES string of the molecule is CC[C@@]1(O)C(=O)OCc2c1cc1n(c2=O)Cc2c-1nc1ccc(CN)c3c1c2C(F)(F)C(F)(F)S3. The van der Waals surface area contributed by atoms with Crippen LogP contribution in [0.25, 0.3) is 22.3 Å².